The monoisotopic (exact) mass is 367 g/mol. The van der Waals surface area contributed by atoms with Crippen molar-refractivity contribution in [3.05, 3.63) is 64.7 Å². The van der Waals surface area contributed by atoms with Gasteiger partial charge in [0.2, 0.25) is 0 Å². The van der Waals surface area contributed by atoms with E-state index < -0.39 is 11.4 Å². The minimum Gasteiger partial charge on any atom is -0.481 e. The molecule has 1 aliphatic rings. The number of hydrogen-bond donors (Lipinski definition) is 1. The van der Waals surface area contributed by atoms with Gasteiger partial charge in [0.25, 0.3) is 6.47 Å². The maximum atomic E-state index is 11.7. The Morgan fingerprint density at radius 1 is 1.19 bits per heavy atom. The highest BCUT2D eigenvalue weighted by atomic mass is 35.5. The third kappa shape index (κ3) is 2.44. The van der Waals surface area contributed by atoms with Crippen LogP contribution in [0, 0.1) is 0 Å². The smallest absolute Gasteiger partial charge is 0.304 e. The zero-order valence-corrected chi connectivity index (χ0v) is 14.4. The molecule has 1 aromatic heterocycles. The number of carboxylic acids is 1. The van der Waals surface area contributed by atoms with Crippen LogP contribution in [0.25, 0.3) is 22.2 Å². The Hall–Kier alpha value is -2.92. The normalized spacial score (nSPS) is 17.6. The first-order valence-electron chi connectivity index (χ1n) is 8.03. The topological polar surface area (TPSA) is 76.5 Å². The van der Waals surface area contributed by atoms with Crippen molar-refractivity contribution in [3.63, 3.8) is 0 Å². The van der Waals surface area contributed by atoms with Crippen molar-refractivity contribution in [1.29, 1.82) is 0 Å². The largest absolute Gasteiger partial charge is 0.481 e. The van der Waals surface area contributed by atoms with Gasteiger partial charge in [-0.2, -0.15) is 0 Å². The molecule has 1 heterocycles. The van der Waals surface area contributed by atoms with Gasteiger partial charge in [0, 0.05) is 16.0 Å². The van der Waals surface area contributed by atoms with E-state index in [1.54, 1.807) is 12.1 Å². The van der Waals surface area contributed by atoms with Crippen molar-refractivity contribution in [2.75, 3.05) is 6.61 Å². The highest BCUT2D eigenvalue weighted by Crippen LogP contribution is 2.51. The fourth-order valence-electron chi connectivity index (χ4n) is 3.78. The van der Waals surface area contributed by atoms with E-state index in [0.29, 0.717) is 22.8 Å². The highest BCUT2D eigenvalue weighted by Gasteiger charge is 2.47. The van der Waals surface area contributed by atoms with E-state index in [0.717, 1.165) is 22.0 Å². The number of para-hydroxylation sites is 1. The number of halogens is 1. The molecule has 130 valence electrons. The van der Waals surface area contributed by atoms with E-state index in [1.807, 2.05) is 36.4 Å². The molecule has 3 aromatic rings. The van der Waals surface area contributed by atoms with E-state index in [9.17, 15) is 14.7 Å². The standard InChI is InChI=1S/C20H14ClNO4/c21-13-5-6-14-15(8-13)20(9-18(24)25,10-26-11-23)16-7-12-3-1-2-4-17(12)22-19(14)16/h1-8,11H,9-10H2,(H,24,25). The molecule has 0 amide bonds. The molecule has 0 saturated carbocycles. The number of nitrogens with zero attached hydrogens (tertiary/aromatic N) is 1. The lowest BCUT2D eigenvalue weighted by molar-refractivity contribution is -0.140. The molecule has 0 aliphatic heterocycles. The zero-order valence-electron chi connectivity index (χ0n) is 13.6. The average molecular weight is 368 g/mol. The lowest BCUT2D eigenvalue weighted by Gasteiger charge is -2.29. The van der Waals surface area contributed by atoms with E-state index in [4.69, 9.17) is 21.3 Å². The lowest BCUT2D eigenvalue weighted by Crippen LogP contribution is -2.34. The molecule has 0 bridgehead atoms. The molecule has 0 fully saturated rings. The van der Waals surface area contributed by atoms with Gasteiger partial charge in [-0.05, 0) is 35.4 Å². The quantitative estimate of drug-likeness (QED) is 0.694. The summed E-state index contributed by atoms with van der Waals surface area (Å²) in [6.07, 6.45) is -0.235. The maximum absolute atomic E-state index is 11.7. The van der Waals surface area contributed by atoms with Crippen LogP contribution >= 0.6 is 11.6 Å². The number of benzene rings is 2. The minimum atomic E-state index is -1.03. The Balaban J connectivity index is 2.07. The van der Waals surface area contributed by atoms with Crippen molar-refractivity contribution in [2.45, 2.75) is 11.8 Å². The van der Waals surface area contributed by atoms with Crippen LogP contribution in [0.15, 0.2) is 48.5 Å². The van der Waals surface area contributed by atoms with Gasteiger partial charge in [-0.25, -0.2) is 4.98 Å². The van der Waals surface area contributed by atoms with Gasteiger partial charge >= 0.3 is 5.97 Å². The summed E-state index contributed by atoms with van der Waals surface area (Å²) < 4.78 is 5.07. The van der Waals surface area contributed by atoms with Crippen LogP contribution in [0.4, 0.5) is 0 Å². The van der Waals surface area contributed by atoms with Crippen LogP contribution in [-0.4, -0.2) is 29.1 Å². The Morgan fingerprint density at radius 2 is 2.00 bits per heavy atom. The van der Waals surface area contributed by atoms with E-state index in [2.05, 4.69) is 0 Å². The predicted octanol–water partition coefficient (Wildman–Crippen LogP) is 3.80. The zero-order chi connectivity index (χ0) is 18.3. The molecule has 0 spiro atoms. The van der Waals surface area contributed by atoms with Gasteiger partial charge in [-0.15, -0.1) is 0 Å². The number of hydrogen-bond acceptors (Lipinski definition) is 4. The van der Waals surface area contributed by atoms with Gasteiger partial charge in [0.1, 0.15) is 6.61 Å². The van der Waals surface area contributed by atoms with Gasteiger partial charge in [0.15, 0.2) is 0 Å². The molecule has 5 nitrogen and oxygen atoms in total. The molecule has 26 heavy (non-hydrogen) atoms. The maximum Gasteiger partial charge on any atom is 0.304 e. The third-order valence-electron chi connectivity index (χ3n) is 4.84. The number of fused-ring (bicyclic) bond motifs is 4. The molecule has 1 aliphatic carbocycles. The molecule has 1 unspecified atom stereocenters. The second-order valence-electron chi connectivity index (χ2n) is 6.33. The van der Waals surface area contributed by atoms with Gasteiger partial charge in [-0.1, -0.05) is 35.9 Å². The summed E-state index contributed by atoms with van der Waals surface area (Å²) in [5.74, 6) is -0.994. The van der Waals surface area contributed by atoms with Crippen molar-refractivity contribution in [2.24, 2.45) is 0 Å². The first-order chi connectivity index (χ1) is 12.5. The number of carboxylic acid groups (broad SMARTS) is 1. The summed E-state index contributed by atoms with van der Waals surface area (Å²) in [6.45, 7) is 0.240. The van der Waals surface area contributed by atoms with E-state index >= 15 is 0 Å². The second-order valence-corrected chi connectivity index (χ2v) is 6.76. The highest BCUT2D eigenvalue weighted by molar-refractivity contribution is 6.30. The van der Waals surface area contributed by atoms with Gasteiger partial charge in [-0.3, -0.25) is 9.59 Å². The van der Waals surface area contributed by atoms with Crippen LogP contribution in [0.1, 0.15) is 17.5 Å². The number of carbonyl (C=O) groups excluding carboxylic acids is 1. The number of ether oxygens (including phenoxy) is 1. The molecule has 1 atom stereocenters. The number of aromatic nitrogens is 1. The minimum absolute atomic E-state index is 0.0941. The number of pyridine rings is 1. The molecule has 4 rings (SSSR count). The van der Waals surface area contributed by atoms with Crippen molar-refractivity contribution in [1.82, 2.24) is 4.98 Å². The fraction of sp³-hybridized carbons (Fsp3) is 0.150. The van der Waals surface area contributed by atoms with Crippen LogP contribution < -0.4 is 0 Å². The number of carbonyl (C=O) groups is 2. The molecule has 1 N–H and O–H groups in total. The van der Waals surface area contributed by atoms with Crippen LogP contribution in [0.3, 0.4) is 0 Å². The number of aliphatic carboxylic acids is 1. The summed E-state index contributed by atoms with van der Waals surface area (Å²) in [5, 5.41) is 11.0. The Bertz CT molecular complexity index is 1050. The summed E-state index contributed by atoms with van der Waals surface area (Å²) in [5.41, 5.74) is 2.75. The van der Waals surface area contributed by atoms with E-state index in [1.165, 1.54) is 0 Å². The fourth-order valence-corrected chi connectivity index (χ4v) is 3.95. The van der Waals surface area contributed by atoms with Crippen molar-refractivity contribution >= 4 is 34.9 Å². The predicted molar refractivity (Wildman–Crippen MR) is 97.2 cm³/mol. The van der Waals surface area contributed by atoms with Gasteiger partial charge in [0.05, 0.1) is 23.0 Å². The number of rotatable bonds is 5. The lowest BCUT2D eigenvalue weighted by atomic mass is 9.76. The summed E-state index contributed by atoms with van der Waals surface area (Å²) in [7, 11) is 0. The Kier molecular flexibility index (Phi) is 3.89. The molecule has 2 aromatic carbocycles. The van der Waals surface area contributed by atoms with Crippen molar-refractivity contribution < 1.29 is 19.4 Å². The molecular formula is C20H14ClNO4. The Labute approximate surface area is 154 Å². The first-order valence-corrected chi connectivity index (χ1v) is 8.41. The van der Waals surface area contributed by atoms with Crippen molar-refractivity contribution in [3.8, 4) is 11.3 Å². The summed E-state index contributed by atoms with van der Waals surface area (Å²) >= 11 is 6.19. The Morgan fingerprint density at radius 3 is 2.77 bits per heavy atom. The van der Waals surface area contributed by atoms with E-state index in [-0.39, 0.29) is 13.0 Å². The summed E-state index contributed by atoms with van der Waals surface area (Å²) in [4.78, 5) is 27.3. The average Bonchev–Trinajstić information content (AvgIpc) is 2.87. The second kappa shape index (κ2) is 6.11. The molecule has 6 heteroatoms. The van der Waals surface area contributed by atoms with Crippen LogP contribution in [-0.2, 0) is 19.7 Å². The first kappa shape index (κ1) is 16.5. The summed E-state index contributed by atoms with van der Waals surface area (Å²) in [6, 6.07) is 14.9. The molecule has 0 saturated heterocycles. The molecular weight excluding hydrogens is 354 g/mol. The molecule has 0 radical (unpaired) electrons. The third-order valence-corrected chi connectivity index (χ3v) is 5.08. The van der Waals surface area contributed by atoms with Crippen LogP contribution in [0.2, 0.25) is 5.02 Å². The van der Waals surface area contributed by atoms with Crippen LogP contribution in [0.5, 0.6) is 0 Å². The SMILES string of the molecule is O=COCC1(CC(=O)O)c2cc(Cl)ccc2-c2nc3ccccc3cc21. The van der Waals surface area contributed by atoms with Gasteiger partial charge < -0.3 is 9.84 Å².